The number of carboxylic acids is 1. The summed E-state index contributed by atoms with van der Waals surface area (Å²) in [4.78, 5) is 11.2. The van der Waals surface area contributed by atoms with E-state index in [2.05, 4.69) is 19.7 Å². The van der Waals surface area contributed by atoms with Crippen LogP contribution in [0.2, 0.25) is 0 Å². The van der Waals surface area contributed by atoms with Crippen LogP contribution in [0.4, 0.5) is 0 Å². The molecular formula is C21H24N2O5S2. The molecule has 0 amide bonds. The van der Waals surface area contributed by atoms with Gasteiger partial charge in [0.25, 0.3) is 10.0 Å². The van der Waals surface area contributed by atoms with E-state index >= 15 is 0 Å². The van der Waals surface area contributed by atoms with Gasteiger partial charge in [-0.25, -0.2) is 18.2 Å². The Morgan fingerprint density at radius 2 is 1.83 bits per heavy atom. The Labute approximate surface area is 182 Å². The van der Waals surface area contributed by atoms with E-state index in [-0.39, 0.29) is 5.56 Å². The summed E-state index contributed by atoms with van der Waals surface area (Å²) in [7, 11) is -3.60. The molecule has 2 aromatic carbocycles. The maximum Gasteiger partial charge on any atom is 0.335 e. The fraction of sp³-hybridized carbons (Fsp3) is 0.286. The molecule has 0 atom stereocenters. The highest BCUT2D eigenvalue weighted by molar-refractivity contribution is 8.02. The maximum atomic E-state index is 12.5. The molecule has 7 nitrogen and oxygen atoms in total. The first-order valence-electron chi connectivity index (χ1n) is 9.56. The van der Waals surface area contributed by atoms with E-state index < -0.39 is 16.0 Å². The Hall–Kier alpha value is -2.33. The van der Waals surface area contributed by atoms with Gasteiger partial charge in [0.15, 0.2) is 0 Å². The third-order valence-corrected chi connectivity index (χ3v) is 7.18. The zero-order valence-corrected chi connectivity index (χ0v) is 18.3. The summed E-state index contributed by atoms with van der Waals surface area (Å²) in [5, 5.41) is 10.6. The van der Waals surface area contributed by atoms with Crippen LogP contribution in [0, 0.1) is 0 Å². The Bertz CT molecular complexity index is 1020. The second kappa shape index (κ2) is 9.65. The van der Waals surface area contributed by atoms with Crippen LogP contribution in [0.15, 0.2) is 53.4 Å². The normalized spacial score (nSPS) is 18.0. The minimum Gasteiger partial charge on any atom is -0.489 e. The van der Waals surface area contributed by atoms with Crippen LogP contribution in [0.3, 0.4) is 0 Å². The summed E-state index contributed by atoms with van der Waals surface area (Å²) in [6.07, 6.45) is 3.52. The van der Waals surface area contributed by atoms with Crippen LogP contribution in [-0.4, -0.2) is 41.4 Å². The molecule has 0 spiro atoms. The van der Waals surface area contributed by atoms with Crippen LogP contribution >= 0.6 is 12.8 Å². The average molecular weight is 449 g/mol. The fourth-order valence-electron chi connectivity index (χ4n) is 2.96. The minimum absolute atomic E-state index is 0.228. The van der Waals surface area contributed by atoms with Crippen molar-refractivity contribution in [2.24, 2.45) is 0 Å². The molecular weight excluding hydrogens is 424 g/mol. The first-order chi connectivity index (χ1) is 14.3. The predicted molar refractivity (Wildman–Crippen MR) is 118 cm³/mol. The molecule has 160 valence electrons. The number of benzene rings is 2. The summed E-state index contributed by atoms with van der Waals surface area (Å²) < 4.78 is 31.8. The fourth-order valence-corrected chi connectivity index (χ4v) is 4.68. The van der Waals surface area contributed by atoms with Crippen molar-refractivity contribution >= 4 is 34.9 Å². The van der Waals surface area contributed by atoms with Crippen molar-refractivity contribution in [2.75, 3.05) is 13.1 Å². The number of hydrogen-bond acceptors (Lipinski definition) is 6. The van der Waals surface area contributed by atoms with Gasteiger partial charge in [-0.05, 0) is 47.9 Å². The molecule has 1 saturated heterocycles. The van der Waals surface area contributed by atoms with E-state index in [4.69, 9.17) is 9.84 Å². The van der Waals surface area contributed by atoms with E-state index in [1.165, 1.54) is 12.1 Å². The third kappa shape index (κ3) is 5.23. The zero-order chi connectivity index (χ0) is 21.7. The molecule has 0 bridgehead atoms. The van der Waals surface area contributed by atoms with Gasteiger partial charge in [-0.15, -0.1) is 0 Å². The quantitative estimate of drug-likeness (QED) is 0.597. The van der Waals surface area contributed by atoms with Crippen LogP contribution in [0.1, 0.15) is 41.3 Å². The lowest BCUT2D eigenvalue weighted by atomic mass is 10.1. The van der Waals surface area contributed by atoms with Crippen molar-refractivity contribution in [3.63, 3.8) is 0 Å². The highest BCUT2D eigenvalue weighted by Crippen LogP contribution is 2.29. The number of hydrogen-bond donors (Lipinski definition) is 2. The molecule has 3 rings (SSSR count). The largest absolute Gasteiger partial charge is 0.489 e. The van der Waals surface area contributed by atoms with E-state index in [1.54, 1.807) is 47.5 Å². The van der Waals surface area contributed by atoms with Gasteiger partial charge in [-0.1, -0.05) is 54.2 Å². The topological polar surface area (TPSA) is 87.1 Å². The monoisotopic (exact) mass is 448 g/mol. The lowest BCUT2D eigenvalue weighted by molar-refractivity contribution is 0.0697. The first kappa shape index (κ1) is 22.4. The van der Waals surface area contributed by atoms with Gasteiger partial charge < -0.3 is 9.84 Å². The SMILES string of the molecule is CCCCN1C/C(=C/c2ccc(OCc3ccc(C(=O)O)cc3)cc2)S(=O)(=O)N1S. The van der Waals surface area contributed by atoms with Gasteiger partial charge in [0.2, 0.25) is 0 Å². The van der Waals surface area contributed by atoms with Crippen LogP contribution in [-0.2, 0) is 16.6 Å². The Balaban J connectivity index is 1.64. The van der Waals surface area contributed by atoms with Gasteiger partial charge in [-0.2, -0.15) is 0 Å². The highest BCUT2D eigenvalue weighted by Gasteiger charge is 2.37. The molecule has 2 aromatic rings. The number of unbranched alkanes of at least 4 members (excludes halogenated alkanes) is 1. The molecule has 0 aliphatic carbocycles. The van der Waals surface area contributed by atoms with E-state index in [1.807, 2.05) is 0 Å². The zero-order valence-electron chi connectivity index (χ0n) is 16.6. The number of thiol groups is 1. The van der Waals surface area contributed by atoms with Crippen LogP contribution < -0.4 is 4.74 Å². The molecule has 30 heavy (non-hydrogen) atoms. The van der Waals surface area contributed by atoms with Crippen molar-refractivity contribution in [1.82, 2.24) is 8.83 Å². The number of aromatic carboxylic acids is 1. The second-order valence-corrected chi connectivity index (χ2v) is 9.41. The Morgan fingerprint density at radius 3 is 2.43 bits per heavy atom. The number of nitrogens with zero attached hydrogens (tertiary/aromatic N) is 2. The van der Waals surface area contributed by atoms with Crippen molar-refractivity contribution in [3.8, 4) is 5.75 Å². The Morgan fingerprint density at radius 1 is 1.17 bits per heavy atom. The van der Waals surface area contributed by atoms with Crippen molar-refractivity contribution in [2.45, 2.75) is 26.4 Å². The molecule has 1 N–H and O–H groups in total. The number of carbonyl (C=O) groups is 1. The molecule has 0 saturated carbocycles. The molecule has 0 aromatic heterocycles. The number of sulfonamides is 1. The minimum atomic E-state index is -3.60. The van der Waals surface area contributed by atoms with Crippen LogP contribution in [0.25, 0.3) is 6.08 Å². The lowest BCUT2D eigenvalue weighted by Gasteiger charge is -2.19. The molecule has 1 aliphatic heterocycles. The standard InChI is InChI=1S/C21H24N2O5S2/c1-2-3-12-22-14-20(30(26,27)23(22)29)13-16-6-10-19(11-7-16)28-15-17-4-8-18(9-5-17)21(24)25/h4-11,13,29H,2-3,12,14-15H2,1H3,(H,24,25)/b20-13-. The molecule has 1 fully saturated rings. The van der Waals surface area contributed by atoms with Crippen LogP contribution in [0.5, 0.6) is 5.75 Å². The van der Waals surface area contributed by atoms with Gasteiger partial charge in [0.1, 0.15) is 12.4 Å². The summed E-state index contributed by atoms with van der Waals surface area (Å²) in [6.45, 7) is 3.29. The predicted octanol–water partition coefficient (Wildman–Crippen LogP) is 3.81. The second-order valence-electron chi connectivity index (χ2n) is 6.94. The summed E-state index contributed by atoms with van der Waals surface area (Å²) >= 11 is 4.14. The van der Waals surface area contributed by atoms with E-state index in [0.717, 1.165) is 27.8 Å². The highest BCUT2D eigenvalue weighted by atomic mass is 32.3. The van der Waals surface area contributed by atoms with E-state index in [0.29, 0.717) is 30.4 Å². The smallest absolute Gasteiger partial charge is 0.335 e. The van der Waals surface area contributed by atoms with Crippen molar-refractivity contribution in [3.05, 3.63) is 70.1 Å². The van der Waals surface area contributed by atoms with E-state index in [9.17, 15) is 13.2 Å². The Kier molecular flexibility index (Phi) is 7.19. The van der Waals surface area contributed by atoms with Crippen molar-refractivity contribution < 1.29 is 23.1 Å². The lowest BCUT2D eigenvalue weighted by Crippen LogP contribution is -2.32. The summed E-state index contributed by atoms with van der Waals surface area (Å²) in [6, 6.07) is 13.6. The molecule has 9 heteroatoms. The van der Waals surface area contributed by atoms with Gasteiger partial charge in [-0.3, -0.25) is 0 Å². The summed E-state index contributed by atoms with van der Waals surface area (Å²) in [5.74, 6) is -0.333. The molecule has 1 heterocycles. The molecule has 1 aliphatic rings. The number of carboxylic acid groups (broad SMARTS) is 1. The molecule has 0 radical (unpaired) electrons. The number of ether oxygens (including phenoxy) is 1. The number of hydrazine groups is 1. The van der Waals surface area contributed by atoms with Gasteiger partial charge in [0.05, 0.1) is 17.0 Å². The molecule has 0 unspecified atom stereocenters. The van der Waals surface area contributed by atoms with Crippen molar-refractivity contribution in [1.29, 1.82) is 0 Å². The van der Waals surface area contributed by atoms with Gasteiger partial charge in [0, 0.05) is 6.54 Å². The van der Waals surface area contributed by atoms with Gasteiger partial charge >= 0.3 is 5.97 Å². The number of rotatable bonds is 8. The maximum absolute atomic E-state index is 12.5. The first-order valence-corrected chi connectivity index (χ1v) is 11.4. The average Bonchev–Trinajstić information content (AvgIpc) is 2.95. The summed E-state index contributed by atoms with van der Waals surface area (Å²) in [5.41, 5.74) is 1.83. The third-order valence-electron chi connectivity index (χ3n) is 4.71.